The van der Waals surface area contributed by atoms with Gasteiger partial charge in [-0.3, -0.25) is 0 Å². The highest BCUT2D eigenvalue weighted by Crippen LogP contribution is 2.32. The summed E-state index contributed by atoms with van der Waals surface area (Å²) in [6, 6.07) is 5.71. The number of anilines is 1. The molecule has 1 aliphatic rings. The SMILES string of the molecule is Cc1cn2nc(-c3cc(F)c4nc(N5CCC(CN(C)C)C5)oc4c3)cc(C)c2n1. The Kier molecular flexibility index (Phi) is 4.47. The summed E-state index contributed by atoms with van der Waals surface area (Å²) in [6.07, 6.45) is 2.95. The summed E-state index contributed by atoms with van der Waals surface area (Å²) in [4.78, 5) is 13.2. The molecule has 1 saturated heterocycles. The molecule has 4 aromatic rings. The molecule has 0 aliphatic carbocycles. The van der Waals surface area contributed by atoms with Crippen LogP contribution in [0.5, 0.6) is 0 Å². The molecule has 1 unspecified atom stereocenters. The van der Waals surface area contributed by atoms with Gasteiger partial charge in [-0.05, 0) is 64.0 Å². The normalized spacial score (nSPS) is 17.1. The Morgan fingerprint density at radius 2 is 2.03 bits per heavy atom. The van der Waals surface area contributed by atoms with E-state index in [4.69, 9.17) is 4.42 Å². The van der Waals surface area contributed by atoms with E-state index in [1.165, 1.54) is 6.07 Å². The number of hydrogen-bond acceptors (Lipinski definition) is 6. The topological polar surface area (TPSA) is 62.7 Å². The smallest absolute Gasteiger partial charge is 0.298 e. The molecule has 156 valence electrons. The molecule has 0 spiro atoms. The van der Waals surface area contributed by atoms with Crippen molar-refractivity contribution in [1.82, 2.24) is 24.5 Å². The molecular weight excluding hydrogens is 383 g/mol. The van der Waals surface area contributed by atoms with Crippen molar-refractivity contribution in [2.75, 3.05) is 38.6 Å². The third-order valence-electron chi connectivity index (χ3n) is 5.64. The average Bonchev–Trinajstić information content (AvgIpc) is 3.38. The minimum absolute atomic E-state index is 0.265. The second kappa shape index (κ2) is 7.05. The molecule has 5 rings (SSSR count). The van der Waals surface area contributed by atoms with Crippen LogP contribution in [-0.4, -0.2) is 58.2 Å². The van der Waals surface area contributed by atoms with Gasteiger partial charge in [-0.1, -0.05) is 0 Å². The zero-order valence-corrected chi connectivity index (χ0v) is 17.7. The zero-order valence-electron chi connectivity index (χ0n) is 17.7. The largest absolute Gasteiger partial charge is 0.423 e. The minimum atomic E-state index is -0.400. The van der Waals surface area contributed by atoms with Gasteiger partial charge in [0.2, 0.25) is 0 Å². The van der Waals surface area contributed by atoms with Crippen LogP contribution in [0.2, 0.25) is 0 Å². The second-order valence-corrected chi connectivity index (χ2v) is 8.53. The minimum Gasteiger partial charge on any atom is -0.423 e. The molecule has 1 fully saturated rings. The Morgan fingerprint density at radius 3 is 2.83 bits per heavy atom. The molecule has 1 atom stereocenters. The van der Waals surface area contributed by atoms with Crippen molar-refractivity contribution in [3.63, 3.8) is 0 Å². The van der Waals surface area contributed by atoms with Crippen LogP contribution in [0.25, 0.3) is 28.0 Å². The average molecular weight is 408 g/mol. The van der Waals surface area contributed by atoms with E-state index in [2.05, 4.69) is 39.0 Å². The van der Waals surface area contributed by atoms with Crippen LogP contribution < -0.4 is 4.90 Å². The highest BCUT2D eigenvalue weighted by Gasteiger charge is 2.27. The lowest BCUT2D eigenvalue weighted by atomic mass is 10.1. The number of aryl methyl sites for hydroxylation is 2. The van der Waals surface area contributed by atoms with Crippen LogP contribution >= 0.6 is 0 Å². The Labute approximate surface area is 174 Å². The monoisotopic (exact) mass is 408 g/mol. The van der Waals surface area contributed by atoms with Gasteiger partial charge >= 0.3 is 0 Å². The van der Waals surface area contributed by atoms with Crippen molar-refractivity contribution >= 4 is 22.8 Å². The molecule has 4 heterocycles. The number of oxazole rings is 1. The van der Waals surface area contributed by atoms with Crippen molar-refractivity contribution in [3.05, 3.63) is 41.5 Å². The molecule has 1 aliphatic heterocycles. The number of aromatic nitrogens is 4. The van der Waals surface area contributed by atoms with Gasteiger partial charge in [0.05, 0.1) is 17.6 Å². The van der Waals surface area contributed by atoms with Crippen molar-refractivity contribution in [2.24, 2.45) is 5.92 Å². The van der Waals surface area contributed by atoms with E-state index in [1.807, 2.05) is 32.2 Å². The molecule has 3 aromatic heterocycles. The van der Waals surface area contributed by atoms with Gasteiger partial charge in [-0.2, -0.15) is 10.1 Å². The molecule has 0 saturated carbocycles. The lowest BCUT2D eigenvalue weighted by molar-refractivity contribution is 0.340. The fourth-order valence-corrected chi connectivity index (χ4v) is 4.32. The third kappa shape index (κ3) is 3.31. The second-order valence-electron chi connectivity index (χ2n) is 8.53. The summed E-state index contributed by atoms with van der Waals surface area (Å²) < 4.78 is 22.6. The Bertz CT molecular complexity index is 1240. The number of halogens is 1. The number of fused-ring (bicyclic) bond motifs is 2. The molecule has 1 aromatic carbocycles. The van der Waals surface area contributed by atoms with Gasteiger partial charge in [0.25, 0.3) is 6.01 Å². The number of benzene rings is 1. The molecule has 0 bridgehead atoms. The van der Waals surface area contributed by atoms with E-state index in [-0.39, 0.29) is 5.52 Å². The fraction of sp³-hybridized carbons (Fsp3) is 0.409. The van der Waals surface area contributed by atoms with Gasteiger partial charge in [-0.15, -0.1) is 0 Å². The molecule has 30 heavy (non-hydrogen) atoms. The van der Waals surface area contributed by atoms with Crippen molar-refractivity contribution in [2.45, 2.75) is 20.3 Å². The van der Waals surface area contributed by atoms with E-state index in [0.29, 0.717) is 28.8 Å². The first-order valence-corrected chi connectivity index (χ1v) is 10.2. The van der Waals surface area contributed by atoms with Gasteiger partial charge in [-0.25, -0.2) is 13.9 Å². The lowest BCUT2D eigenvalue weighted by Gasteiger charge is -2.16. The standard InChI is InChI=1S/C22H25FN6O/c1-13-7-18(26-29-10-14(2)24-21(13)29)16-8-17(23)20-19(9-16)30-22(25-20)28-6-5-15(12-28)11-27(3)4/h7-10,15H,5-6,11-12H2,1-4H3. The highest BCUT2D eigenvalue weighted by molar-refractivity contribution is 5.81. The quantitative estimate of drug-likeness (QED) is 0.513. The number of imidazole rings is 1. The van der Waals surface area contributed by atoms with Crippen LogP contribution in [0.3, 0.4) is 0 Å². The third-order valence-corrected chi connectivity index (χ3v) is 5.64. The molecule has 0 N–H and O–H groups in total. The predicted octanol–water partition coefficient (Wildman–Crippen LogP) is 3.68. The van der Waals surface area contributed by atoms with E-state index in [9.17, 15) is 4.39 Å². The first-order chi connectivity index (χ1) is 14.4. The van der Waals surface area contributed by atoms with Crippen molar-refractivity contribution < 1.29 is 8.81 Å². The first kappa shape index (κ1) is 19.0. The number of rotatable bonds is 4. The van der Waals surface area contributed by atoms with E-state index < -0.39 is 5.82 Å². The molecule has 8 heteroatoms. The van der Waals surface area contributed by atoms with Gasteiger partial charge in [0, 0.05) is 25.2 Å². The maximum Gasteiger partial charge on any atom is 0.298 e. The summed E-state index contributed by atoms with van der Waals surface area (Å²) in [6.45, 7) is 6.67. The van der Waals surface area contributed by atoms with Crippen molar-refractivity contribution in [3.8, 4) is 11.3 Å². The number of nitrogens with zero attached hydrogens (tertiary/aromatic N) is 6. The highest BCUT2D eigenvalue weighted by atomic mass is 19.1. The predicted molar refractivity (Wildman–Crippen MR) is 114 cm³/mol. The molecule has 7 nitrogen and oxygen atoms in total. The summed E-state index contributed by atoms with van der Waals surface area (Å²) in [7, 11) is 4.16. The van der Waals surface area contributed by atoms with Crippen LogP contribution in [0.15, 0.2) is 28.8 Å². The van der Waals surface area contributed by atoms with E-state index in [1.54, 1.807) is 4.52 Å². The molecule has 0 amide bonds. The Hall–Kier alpha value is -3.00. The maximum absolute atomic E-state index is 14.9. The van der Waals surface area contributed by atoms with Crippen LogP contribution in [0.1, 0.15) is 17.7 Å². The summed E-state index contributed by atoms with van der Waals surface area (Å²) in [5.74, 6) is 0.163. The van der Waals surface area contributed by atoms with Crippen LogP contribution in [0, 0.1) is 25.6 Å². The van der Waals surface area contributed by atoms with Gasteiger partial charge in [0.1, 0.15) is 5.52 Å². The van der Waals surface area contributed by atoms with Crippen molar-refractivity contribution in [1.29, 1.82) is 0 Å². The fourth-order valence-electron chi connectivity index (χ4n) is 4.32. The number of hydrogen-bond donors (Lipinski definition) is 0. The summed E-state index contributed by atoms with van der Waals surface area (Å²) in [5.41, 5.74) is 4.72. The Morgan fingerprint density at radius 1 is 1.20 bits per heavy atom. The van der Waals surface area contributed by atoms with E-state index in [0.717, 1.165) is 43.0 Å². The summed E-state index contributed by atoms with van der Waals surface area (Å²) in [5, 5.41) is 4.61. The zero-order chi connectivity index (χ0) is 21.0. The maximum atomic E-state index is 14.9. The first-order valence-electron chi connectivity index (χ1n) is 10.2. The lowest BCUT2D eigenvalue weighted by Crippen LogP contribution is -2.25. The Balaban J connectivity index is 1.50. The van der Waals surface area contributed by atoms with Crippen LogP contribution in [-0.2, 0) is 0 Å². The molecular formula is C22H25FN6O. The molecule has 0 radical (unpaired) electrons. The van der Waals surface area contributed by atoms with Crippen LogP contribution in [0.4, 0.5) is 10.4 Å². The van der Waals surface area contributed by atoms with E-state index >= 15 is 0 Å². The van der Waals surface area contributed by atoms with Gasteiger partial charge < -0.3 is 14.2 Å². The van der Waals surface area contributed by atoms with Gasteiger partial charge in [0.15, 0.2) is 17.0 Å². The summed E-state index contributed by atoms with van der Waals surface area (Å²) >= 11 is 0.